The van der Waals surface area contributed by atoms with Crippen molar-refractivity contribution in [2.24, 2.45) is 0 Å². The van der Waals surface area contributed by atoms with Crippen molar-refractivity contribution in [3.05, 3.63) is 46.3 Å². The molecule has 1 fully saturated rings. The summed E-state index contributed by atoms with van der Waals surface area (Å²) >= 11 is 1.41. The van der Waals surface area contributed by atoms with Gasteiger partial charge in [-0.3, -0.25) is 4.79 Å². The van der Waals surface area contributed by atoms with Crippen molar-refractivity contribution < 1.29 is 18.0 Å². The molecule has 0 aromatic carbocycles. The number of carbonyl (C=O) groups excluding carboxylic acids is 1. The topological polar surface area (TPSA) is 36.4 Å². The van der Waals surface area contributed by atoms with Crippen molar-refractivity contribution in [1.29, 1.82) is 0 Å². The van der Waals surface area contributed by atoms with Gasteiger partial charge in [0.05, 0.1) is 10.4 Å². The Morgan fingerprint density at radius 1 is 1.12 bits per heavy atom. The van der Waals surface area contributed by atoms with Gasteiger partial charge in [0.2, 0.25) is 0 Å². The Morgan fingerprint density at radius 2 is 1.96 bits per heavy atom. The van der Waals surface area contributed by atoms with E-state index >= 15 is 0 Å². The maximum atomic E-state index is 12.6. The minimum Gasteiger partial charge on any atom is -0.355 e. The fourth-order valence-corrected chi connectivity index (χ4v) is 3.34. The van der Waals surface area contributed by atoms with Gasteiger partial charge in [0.15, 0.2) is 0 Å². The lowest BCUT2D eigenvalue weighted by molar-refractivity contribution is -0.137. The number of rotatable bonds is 2. The predicted molar refractivity (Wildman–Crippen MR) is 86.3 cm³/mol. The lowest BCUT2D eigenvalue weighted by Gasteiger charge is -2.23. The molecule has 0 radical (unpaired) electrons. The summed E-state index contributed by atoms with van der Waals surface area (Å²) in [5, 5.41) is 1.86. The maximum absolute atomic E-state index is 12.6. The predicted octanol–water partition coefficient (Wildman–Crippen LogP) is 3.51. The van der Waals surface area contributed by atoms with Gasteiger partial charge in [-0.2, -0.15) is 13.2 Å². The molecule has 0 aliphatic carbocycles. The maximum Gasteiger partial charge on any atom is 0.417 e. The molecule has 1 aliphatic heterocycles. The number of pyridine rings is 1. The smallest absolute Gasteiger partial charge is 0.355 e. The zero-order valence-corrected chi connectivity index (χ0v) is 13.6. The first-order chi connectivity index (χ1) is 11.4. The molecule has 128 valence electrons. The van der Waals surface area contributed by atoms with Gasteiger partial charge < -0.3 is 9.80 Å². The van der Waals surface area contributed by atoms with Crippen molar-refractivity contribution in [2.75, 3.05) is 31.1 Å². The molecule has 0 spiro atoms. The Balaban J connectivity index is 1.66. The first-order valence-corrected chi connectivity index (χ1v) is 8.44. The highest BCUT2D eigenvalue weighted by molar-refractivity contribution is 7.12. The number of halogens is 3. The minimum atomic E-state index is -4.38. The Bertz CT molecular complexity index is 686. The Labute approximate surface area is 141 Å². The molecule has 0 saturated carbocycles. The SMILES string of the molecule is O=C(c1cccs1)N1CCCN(c2ccc(C(F)(F)F)cn2)CC1. The van der Waals surface area contributed by atoms with Crippen LogP contribution in [0.25, 0.3) is 0 Å². The molecule has 1 aliphatic rings. The molecule has 2 aromatic rings. The van der Waals surface area contributed by atoms with Crippen LogP contribution in [0, 0.1) is 0 Å². The van der Waals surface area contributed by atoms with Crippen LogP contribution in [0.1, 0.15) is 21.7 Å². The number of hydrogen-bond acceptors (Lipinski definition) is 4. The summed E-state index contributed by atoms with van der Waals surface area (Å²) in [7, 11) is 0. The van der Waals surface area contributed by atoms with E-state index in [-0.39, 0.29) is 5.91 Å². The van der Waals surface area contributed by atoms with Crippen LogP contribution in [0.5, 0.6) is 0 Å². The lowest BCUT2D eigenvalue weighted by atomic mass is 10.2. The highest BCUT2D eigenvalue weighted by Gasteiger charge is 2.31. The second-order valence-corrected chi connectivity index (χ2v) is 6.46. The van der Waals surface area contributed by atoms with Crippen LogP contribution < -0.4 is 4.90 Å². The van der Waals surface area contributed by atoms with Gasteiger partial charge in [-0.05, 0) is 30.0 Å². The summed E-state index contributed by atoms with van der Waals surface area (Å²) in [4.78, 5) is 20.7. The highest BCUT2D eigenvalue weighted by atomic mass is 32.1. The van der Waals surface area contributed by atoms with E-state index in [9.17, 15) is 18.0 Å². The number of hydrogen-bond donors (Lipinski definition) is 0. The molecular formula is C16H16F3N3OS. The fourth-order valence-electron chi connectivity index (χ4n) is 2.65. The molecule has 3 heterocycles. The van der Waals surface area contributed by atoms with E-state index in [1.54, 1.807) is 11.0 Å². The van der Waals surface area contributed by atoms with Crippen LogP contribution in [0.4, 0.5) is 19.0 Å². The minimum absolute atomic E-state index is 0.00669. The third-order valence-corrected chi connectivity index (χ3v) is 4.77. The standard InChI is InChI=1S/C16H16F3N3OS/c17-16(18,19)12-4-5-14(20-11-12)21-6-2-7-22(9-8-21)15(23)13-3-1-10-24-13/h1,3-5,10-11H,2,6-9H2. The molecular weight excluding hydrogens is 339 g/mol. The monoisotopic (exact) mass is 355 g/mol. The van der Waals surface area contributed by atoms with Crippen molar-refractivity contribution in [2.45, 2.75) is 12.6 Å². The number of nitrogens with zero attached hydrogens (tertiary/aromatic N) is 3. The van der Waals surface area contributed by atoms with Crippen molar-refractivity contribution in [1.82, 2.24) is 9.88 Å². The highest BCUT2D eigenvalue weighted by Crippen LogP contribution is 2.29. The molecule has 0 unspecified atom stereocenters. The van der Waals surface area contributed by atoms with Gasteiger partial charge in [0.25, 0.3) is 5.91 Å². The largest absolute Gasteiger partial charge is 0.417 e. The molecule has 24 heavy (non-hydrogen) atoms. The molecule has 0 N–H and O–H groups in total. The van der Waals surface area contributed by atoms with E-state index < -0.39 is 11.7 Å². The van der Waals surface area contributed by atoms with Gasteiger partial charge >= 0.3 is 6.18 Å². The van der Waals surface area contributed by atoms with Crippen molar-refractivity contribution in [3.8, 4) is 0 Å². The second-order valence-electron chi connectivity index (χ2n) is 5.51. The zero-order valence-electron chi connectivity index (χ0n) is 12.8. The Kier molecular flexibility index (Phi) is 4.75. The molecule has 1 saturated heterocycles. The van der Waals surface area contributed by atoms with E-state index in [1.165, 1.54) is 17.4 Å². The Morgan fingerprint density at radius 3 is 2.58 bits per heavy atom. The number of amides is 1. The summed E-state index contributed by atoms with van der Waals surface area (Å²) in [5.74, 6) is 0.514. The van der Waals surface area contributed by atoms with Gasteiger partial charge in [-0.1, -0.05) is 6.07 Å². The fraction of sp³-hybridized carbons (Fsp3) is 0.375. The summed E-state index contributed by atoms with van der Waals surface area (Å²) in [6, 6.07) is 6.07. The van der Waals surface area contributed by atoms with E-state index in [1.807, 2.05) is 16.3 Å². The number of aromatic nitrogens is 1. The molecule has 2 aromatic heterocycles. The third kappa shape index (κ3) is 3.69. The normalized spacial score (nSPS) is 16.1. The van der Waals surface area contributed by atoms with E-state index in [0.717, 1.165) is 18.7 Å². The van der Waals surface area contributed by atoms with Crippen molar-refractivity contribution in [3.63, 3.8) is 0 Å². The van der Waals surface area contributed by atoms with Crippen LogP contribution in [-0.2, 0) is 6.18 Å². The van der Waals surface area contributed by atoms with Gasteiger partial charge in [0, 0.05) is 32.4 Å². The molecule has 1 amide bonds. The first-order valence-electron chi connectivity index (χ1n) is 7.56. The van der Waals surface area contributed by atoms with Gasteiger partial charge in [-0.25, -0.2) is 4.98 Å². The summed E-state index contributed by atoms with van der Waals surface area (Å²) in [6.07, 6.45) is -2.77. The van der Waals surface area contributed by atoms with E-state index in [2.05, 4.69) is 4.98 Å². The summed E-state index contributed by atoms with van der Waals surface area (Å²) in [5.41, 5.74) is -0.754. The summed E-state index contributed by atoms with van der Waals surface area (Å²) < 4.78 is 37.8. The van der Waals surface area contributed by atoms with Crippen LogP contribution in [0.3, 0.4) is 0 Å². The number of alkyl halides is 3. The van der Waals surface area contributed by atoms with Gasteiger partial charge in [0.1, 0.15) is 5.82 Å². The van der Waals surface area contributed by atoms with E-state index in [0.29, 0.717) is 36.9 Å². The molecule has 4 nitrogen and oxygen atoms in total. The molecule has 8 heteroatoms. The quantitative estimate of drug-likeness (QED) is 0.827. The number of anilines is 1. The molecule has 0 atom stereocenters. The molecule has 3 rings (SSSR count). The van der Waals surface area contributed by atoms with Crippen LogP contribution in [-0.4, -0.2) is 42.0 Å². The number of thiophene rings is 1. The van der Waals surface area contributed by atoms with Crippen LogP contribution in [0.2, 0.25) is 0 Å². The lowest BCUT2D eigenvalue weighted by Crippen LogP contribution is -2.35. The summed E-state index contributed by atoms with van der Waals surface area (Å²) in [6.45, 7) is 2.37. The van der Waals surface area contributed by atoms with Crippen LogP contribution in [0.15, 0.2) is 35.8 Å². The number of carbonyl (C=O) groups is 1. The average Bonchev–Trinajstić information content (AvgIpc) is 2.98. The van der Waals surface area contributed by atoms with Gasteiger partial charge in [-0.15, -0.1) is 11.3 Å². The second kappa shape index (κ2) is 6.80. The third-order valence-electron chi connectivity index (χ3n) is 3.91. The van der Waals surface area contributed by atoms with Crippen LogP contribution >= 0.6 is 11.3 Å². The average molecular weight is 355 g/mol. The first kappa shape index (κ1) is 16.8. The van der Waals surface area contributed by atoms with Crippen molar-refractivity contribution >= 4 is 23.1 Å². The molecule has 0 bridgehead atoms. The van der Waals surface area contributed by atoms with E-state index in [4.69, 9.17) is 0 Å². The zero-order chi connectivity index (χ0) is 17.2. The Hall–Kier alpha value is -2.09.